The van der Waals surface area contributed by atoms with Crippen molar-refractivity contribution in [3.05, 3.63) is 205 Å². The van der Waals surface area contributed by atoms with Crippen molar-refractivity contribution in [3.63, 3.8) is 0 Å². The molecule has 3 heterocycles. The first-order valence-corrected chi connectivity index (χ1v) is 19.2. The van der Waals surface area contributed by atoms with Gasteiger partial charge in [-0.2, -0.15) is 0 Å². The van der Waals surface area contributed by atoms with Gasteiger partial charge in [0, 0.05) is 42.4 Å². The van der Waals surface area contributed by atoms with Crippen LogP contribution in [-0.4, -0.2) is 20.8 Å². The van der Waals surface area contributed by atoms with Crippen LogP contribution < -0.4 is 5.32 Å². The third-order valence-electron chi connectivity index (χ3n) is 9.97. The molecule has 6 heteroatoms. The summed E-state index contributed by atoms with van der Waals surface area (Å²) in [6, 6.07) is 63.0. The van der Waals surface area contributed by atoms with E-state index in [9.17, 15) is 0 Å². The molecule has 7 aromatic carbocycles. The zero-order valence-electron chi connectivity index (χ0n) is 29.7. The summed E-state index contributed by atoms with van der Waals surface area (Å²) in [5.74, 6) is 2.76. The monoisotopic (exact) mass is 723 g/mol. The first kappa shape index (κ1) is 32.6. The van der Waals surface area contributed by atoms with Crippen molar-refractivity contribution in [2.45, 2.75) is 6.04 Å². The van der Waals surface area contributed by atoms with E-state index < -0.39 is 0 Å². The van der Waals surface area contributed by atoms with Gasteiger partial charge < -0.3 is 5.32 Å². The summed E-state index contributed by atoms with van der Waals surface area (Å²) < 4.78 is 2.37. The van der Waals surface area contributed by atoms with Crippen LogP contribution in [-0.2, 0) is 0 Å². The van der Waals surface area contributed by atoms with E-state index in [1.807, 2.05) is 66.7 Å². The predicted octanol–water partition coefficient (Wildman–Crippen LogP) is 12.0. The average molecular weight is 724 g/mol. The topological polar surface area (TPSA) is 63.1 Å². The Labute approximate surface area is 323 Å². The van der Waals surface area contributed by atoms with Crippen LogP contribution in [0.5, 0.6) is 0 Å². The number of nitrogens with zero attached hydrogens (tertiary/aromatic N) is 4. The van der Waals surface area contributed by atoms with Gasteiger partial charge in [-0.1, -0.05) is 158 Å². The van der Waals surface area contributed by atoms with Crippen molar-refractivity contribution in [2.75, 3.05) is 0 Å². The highest BCUT2D eigenvalue weighted by atomic mass is 32.1. The molecule has 9 aromatic rings. The Balaban J connectivity index is 1.14. The van der Waals surface area contributed by atoms with Crippen LogP contribution >= 0.6 is 11.3 Å². The first-order valence-electron chi connectivity index (χ1n) is 18.3. The highest BCUT2D eigenvalue weighted by Gasteiger charge is 2.22. The molecule has 0 saturated heterocycles. The van der Waals surface area contributed by atoms with Crippen LogP contribution in [0.1, 0.15) is 22.7 Å². The second kappa shape index (κ2) is 14.1. The number of thiophene rings is 1. The Hall–Kier alpha value is -7.02. The lowest BCUT2D eigenvalue weighted by molar-refractivity contribution is 0.781. The standard InChI is InChI=1S/C49H33N5S/c1-5-16-32(17-6-1)42-31-43(33-18-7-2-8-19-33)51-48(50-42)37-25-15-24-36(28-37)38-29-40-39-26-13-14-27-44(39)55-45(40)41(30-38)49-53-46(34-20-9-3-10-21-34)52-47(54-49)35-22-11-4-12-23-35/h1-31,42H,(H,50,51). The summed E-state index contributed by atoms with van der Waals surface area (Å²) in [6.07, 6.45) is 2.21. The van der Waals surface area contributed by atoms with Crippen LogP contribution in [0.4, 0.5) is 0 Å². The fourth-order valence-corrected chi connectivity index (χ4v) is 8.42. The van der Waals surface area contributed by atoms with Gasteiger partial charge in [0.05, 0.1) is 11.7 Å². The SMILES string of the molecule is C1=C(c2ccccc2)N=C(c2cccc(-c3cc(-c4nc(-c5ccccc5)nc(-c5ccccc5)n4)c4sc5ccccc5c4c3)c2)NC1c1ccccc1. The number of nitrogens with one attached hydrogen (secondary N) is 1. The van der Waals surface area contributed by atoms with E-state index in [2.05, 4.69) is 127 Å². The summed E-state index contributed by atoms with van der Waals surface area (Å²) >= 11 is 1.78. The maximum atomic E-state index is 5.20. The molecule has 0 amide bonds. The molecule has 0 bridgehead atoms. The Morgan fingerprint density at radius 1 is 0.436 bits per heavy atom. The van der Waals surface area contributed by atoms with Crippen molar-refractivity contribution in [1.29, 1.82) is 0 Å². The second-order valence-electron chi connectivity index (χ2n) is 13.5. The molecular formula is C49H33N5S. The number of aliphatic imine (C=N–C) groups is 1. The molecule has 0 spiro atoms. The number of aromatic nitrogens is 3. The predicted molar refractivity (Wildman–Crippen MR) is 228 cm³/mol. The Morgan fingerprint density at radius 3 is 1.69 bits per heavy atom. The van der Waals surface area contributed by atoms with Crippen LogP contribution in [0.3, 0.4) is 0 Å². The Bertz CT molecular complexity index is 2830. The third kappa shape index (κ3) is 6.39. The summed E-state index contributed by atoms with van der Waals surface area (Å²) in [7, 11) is 0. The maximum absolute atomic E-state index is 5.20. The first-order chi connectivity index (χ1) is 27.2. The fourth-order valence-electron chi connectivity index (χ4n) is 7.23. The van der Waals surface area contributed by atoms with E-state index >= 15 is 0 Å². The van der Waals surface area contributed by atoms with Gasteiger partial charge in [-0.15, -0.1) is 11.3 Å². The summed E-state index contributed by atoms with van der Waals surface area (Å²) in [4.78, 5) is 20.5. The molecule has 1 aliphatic rings. The lowest BCUT2D eigenvalue weighted by Gasteiger charge is -2.24. The lowest BCUT2D eigenvalue weighted by atomic mass is 9.96. The van der Waals surface area contributed by atoms with Crippen molar-refractivity contribution in [2.24, 2.45) is 4.99 Å². The van der Waals surface area contributed by atoms with Gasteiger partial charge in [0.1, 0.15) is 5.84 Å². The second-order valence-corrected chi connectivity index (χ2v) is 14.6. The molecule has 0 saturated carbocycles. The van der Waals surface area contributed by atoms with Gasteiger partial charge in [0.25, 0.3) is 0 Å². The quantitative estimate of drug-likeness (QED) is 0.178. The molecular weight excluding hydrogens is 691 g/mol. The summed E-state index contributed by atoms with van der Waals surface area (Å²) in [5.41, 5.74) is 9.23. The molecule has 1 unspecified atom stereocenters. The summed E-state index contributed by atoms with van der Waals surface area (Å²) in [6.45, 7) is 0. The van der Waals surface area contributed by atoms with Gasteiger partial charge in [-0.25, -0.2) is 19.9 Å². The summed E-state index contributed by atoms with van der Waals surface area (Å²) in [5, 5.41) is 6.13. The Kier molecular flexibility index (Phi) is 8.35. The minimum absolute atomic E-state index is 0.0332. The van der Waals surface area contributed by atoms with E-state index in [1.165, 1.54) is 21.0 Å². The molecule has 260 valence electrons. The molecule has 5 nitrogen and oxygen atoms in total. The molecule has 0 fully saturated rings. The largest absolute Gasteiger partial charge is 0.359 e. The molecule has 1 atom stereocenters. The minimum Gasteiger partial charge on any atom is -0.359 e. The fraction of sp³-hybridized carbons (Fsp3) is 0.0204. The van der Waals surface area contributed by atoms with Crippen molar-refractivity contribution < 1.29 is 0 Å². The molecule has 55 heavy (non-hydrogen) atoms. The van der Waals surface area contributed by atoms with Crippen LogP contribution in [0.25, 0.3) is 71.2 Å². The van der Waals surface area contributed by atoms with E-state index in [-0.39, 0.29) is 6.04 Å². The number of hydrogen-bond acceptors (Lipinski definition) is 6. The van der Waals surface area contributed by atoms with Gasteiger partial charge in [0.15, 0.2) is 17.5 Å². The van der Waals surface area contributed by atoms with Crippen LogP contribution in [0, 0.1) is 0 Å². The molecule has 2 aromatic heterocycles. The van der Waals surface area contributed by atoms with Gasteiger partial charge in [-0.05, 0) is 52.6 Å². The molecule has 1 N–H and O–H groups in total. The van der Waals surface area contributed by atoms with Gasteiger partial charge in [-0.3, -0.25) is 0 Å². The molecule has 0 radical (unpaired) electrons. The highest BCUT2D eigenvalue weighted by molar-refractivity contribution is 7.26. The maximum Gasteiger partial charge on any atom is 0.165 e. The minimum atomic E-state index is -0.0332. The lowest BCUT2D eigenvalue weighted by Crippen LogP contribution is -2.31. The van der Waals surface area contributed by atoms with E-state index in [4.69, 9.17) is 19.9 Å². The zero-order valence-corrected chi connectivity index (χ0v) is 30.5. The highest BCUT2D eigenvalue weighted by Crippen LogP contribution is 2.43. The van der Waals surface area contributed by atoms with Crippen molar-refractivity contribution in [3.8, 4) is 45.3 Å². The van der Waals surface area contributed by atoms with Crippen LogP contribution in [0.15, 0.2) is 193 Å². The smallest absolute Gasteiger partial charge is 0.165 e. The van der Waals surface area contributed by atoms with Gasteiger partial charge >= 0.3 is 0 Å². The number of fused-ring (bicyclic) bond motifs is 3. The average Bonchev–Trinajstić information content (AvgIpc) is 3.66. The molecule has 10 rings (SSSR count). The van der Waals surface area contributed by atoms with E-state index in [0.29, 0.717) is 17.5 Å². The Morgan fingerprint density at radius 2 is 1.00 bits per heavy atom. The number of benzene rings is 7. The number of amidine groups is 1. The molecule has 0 aliphatic carbocycles. The number of rotatable bonds is 7. The number of hydrogen-bond donors (Lipinski definition) is 1. The van der Waals surface area contributed by atoms with Crippen molar-refractivity contribution in [1.82, 2.24) is 20.3 Å². The van der Waals surface area contributed by atoms with E-state index in [1.54, 1.807) is 11.3 Å². The van der Waals surface area contributed by atoms with E-state index in [0.717, 1.165) is 55.2 Å². The normalized spacial score (nSPS) is 14.0. The van der Waals surface area contributed by atoms with Crippen molar-refractivity contribution >= 4 is 43.0 Å². The van der Waals surface area contributed by atoms with Gasteiger partial charge in [0.2, 0.25) is 0 Å². The molecule has 1 aliphatic heterocycles. The zero-order chi connectivity index (χ0) is 36.6. The van der Waals surface area contributed by atoms with Crippen LogP contribution in [0.2, 0.25) is 0 Å². The third-order valence-corrected chi connectivity index (χ3v) is 11.2.